The monoisotopic (exact) mass is 309 g/mol. The van der Waals surface area contributed by atoms with E-state index in [9.17, 15) is 9.59 Å². The molecule has 3 aliphatic heterocycles. The van der Waals surface area contributed by atoms with Crippen LogP contribution in [0.3, 0.4) is 0 Å². The summed E-state index contributed by atoms with van der Waals surface area (Å²) in [5.74, 6) is -0.182. The van der Waals surface area contributed by atoms with Crippen molar-refractivity contribution >= 4 is 28.7 Å². The highest BCUT2D eigenvalue weighted by Crippen LogP contribution is 2.21. The predicted molar refractivity (Wildman–Crippen MR) is 76.7 cm³/mol. The summed E-state index contributed by atoms with van der Waals surface area (Å²) in [5.41, 5.74) is 0.433. The van der Waals surface area contributed by atoms with Gasteiger partial charge in [-0.3, -0.25) is 9.59 Å². The van der Waals surface area contributed by atoms with Gasteiger partial charge in [0.2, 0.25) is 5.91 Å². The summed E-state index contributed by atoms with van der Waals surface area (Å²) >= 11 is 1.18. The Morgan fingerprint density at radius 1 is 1.57 bits per heavy atom. The van der Waals surface area contributed by atoms with Crippen LogP contribution in [0.2, 0.25) is 0 Å². The number of hydrogen-bond acceptors (Lipinski definition) is 7. The Bertz CT molecular complexity index is 539. The topological polar surface area (TPSA) is 105 Å². The molecule has 0 bridgehead atoms. The lowest BCUT2D eigenvalue weighted by Gasteiger charge is -2.17. The number of carbonyl (C=O) groups excluding carboxylic acids is 2. The van der Waals surface area contributed by atoms with Gasteiger partial charge >= 0.3 is 0 Å². The molecule has 2 atom stereocenters. The summed E-state index contributed by atoms with van der Waals surface area (Å²) in [6.07, 6.45) is 3.00. The number of amides is 2. The molecular weight excluding hydrogens is 294 g/mol. The third kappa shape index (κ3) is 3.48. The molecule has 2 N–H and O–H groups in total. The number of rotatable bonds is 4. The van der Waals surface area contributed by atoms with Gasteiger partial charge < -0.3 is 15.4 Å². The van der Waals surface area contributed by atoms with Gasteiger partial charge in [-0.05, 0) is 12.8 Å². The molecule has 0 saturated carbocycles. The van der Waals surface area contributed by atoms with Crippen molar-refractivity contribution in [1.29, 1.82) is 0 Å². The zero-order valence-electron chi connectivity index (χ0n) is 11.2. The van der Waals surface area contributed by atoms with Gasteiger partial charge in [0, 0.05) is 13.2 Å². The van der Waals surface area contributed by atoms with Crippen molar-refractivity contribution in [2.45, 2.75) is 25.1 Å². The van der Waals surface area contributed by atoms with Crippen LogP contribution in [0, 0.1) is 0 Å². The number of ether oxygens (including phenoxy) is 1. The number of nitrogens with one attached hydrogen (secondary N) is 2. The van der Waals surface area contributed by atoms with Gasteiger partial charge in [0.15, 0.2) is 11.3 Å². The minimum absolute atomic E-state index is 0.109. The lowest BCUT2D eigenvalue weighted by molar-refractivity contribution is -0.119. The molecule has 112 valence electrons. The molecule has 1 saturated heterocycles. The third-order valence-corrected chi connectivity index (χ3v) is 4.15. The maximum absolute atomic E-state index is 11.7. The molecule has 3 aliphatic rings. The van der Waals surface area contributed by atoms with Gasteiger partial charge in [0.05, 0.1) is 23.6 Å². The number of azo groups is 1. The van der Waals surface area contributed by atoms with Gasteiger partial charge in [0.1, 0.15) is 0 Å². The number of aliphatic imine (C=N–C) groups is 1. The van der Waals surface area contributed by atoms with Crippen LogP contribution in [0.25, 0.3) is 0 Å². The Morgan fingerprint density at radius 3 is 3.29 bits per heavy atom. The van der Waals surface area contributed by atoms with E-state index in [1.807, 2.05) is 0 Å². The fourth-order valence-corrected chi connectivity index (χ4v) is 2.87. The summed E-state index contributed by atoms with van der Waals surface area (Å²) < 4.78 is 5.43. The zero-order chi connectivity index (χ0) is 14.7. The molecule has 2 unspecified atom stereocenters. The first kappa shape index (κ1) is 14.2. The van der Waals surface area contributed by atoms with Crippen LogP contribution in [0.15, 0.2) is 27.0 Å². The summed E-state index contributed by atoms with van der Waals surface area (Å²) in [6.45, 7) is 1.30. The van der Waals surface area contributed by atoms with E-state index in [1.54, 1.807) is 0 Å². The fourth-order valence-electron chi connectivity index (χ4n) is 2.16. The maximum atomic E-state index is 11.7. The van der Waals surface area contributed by atoms with Crippen LogP contribution >= 0.6 is 11.8 Å². The zero-order valence-corrected chi connectivity index (χ0v) is 12.1. The van der Waals surface area contributed by atoms with Gasteiger partial charge in [-0.1, -0.05) is 11.8 Å². The smallest absolute Gasteiger partial charge is 0.258 e. The van der Waals surface area contributed by atoms with Crippen LogP contribution in [0.1, 0.15) is 12.8 Å². The average molecular weight is 309 g/mol. The third-order valence-electron chi connectivity index (χ3n) is 3.26. The Labute approximate surface area is 125 Å². The van der Waals surface area contributed by atoms with E-state index in [-0.39, 0.29) is 23.7 Å². The van der Waals surface area contributed by atoms with Crippen molar-refractivity contribution in [1.82, 2.24) is 10.6 Å². The number of carbonyl (C=O) groups is 2. The summed E-state index contributed by atoms with van der Waals surface area (Å²) in [6, 6.07) is 0. The number of amidine groups is 1. The van der Waals surface area contributed by atoms with Gasteiger partial charge in [-0.15, -0.1) is 0 Å². The minimum Gasteiger partial charge on any atom is -0.376 e. The molecule has 0 spiro atoms. The number of nitrogens with zero attached hydrogens (tertiary/aromatic N) is 3. The van der Waals surface area contributed by atoms with Crippen molar-refractivity contribution < 1.29 is 14.3 Å². The first-order valence-corrected chi connectivity index (χ1v) is 7.71. The highest BCUT2D eigenvalue weighted by Gasteiger charge is 2.30. The molecule has 0 aliphatic carbocycles. The summed E-state index contributed by atoms with van der Waals surface area (Å²) in [4.78, 5) is 27.7. The summed E-state index contributed by atoms with van der Waals surface area (Å²) in [5, 5.41) is 13.3. The van der Waals surface area contributed by atoms with Gasteiger partial charge in [-0.25, -0.2) is 4.99 Å². The van der Waals surface area contributed by atoms with Crippen LogP contribution in [0.5, 0.6) is 0 Å². The van der Waals surface area contributed by atoms with E-state index in [0.717, 1.165) is 19.4 Å². The van der Waals surface area contributed by atoms with Crippen molar-refractivity contribution in [2.24, 2.45) is 15.2 Å². The normalized spacial score (nSPS) is 27.0. The quantitative estimate of drug-likeness (QED) is 0.772. The lowest BCUT2D eigenvalue weighted by Crippen LogP contribution is -2.39. The Balaban J connectivity index is 1.44. The molecule has 1 fully saturated rings. The Hall–Kier alpha value is -1.74. The first-order chi connectivity index (χ1) is 10.2. The molecule has 3 rings (SSSR count). The highest BCUT2D eigenvalue weighted by atomic mass is 32.2. The molecule has 9 heteroatoms. The SMILES string of the molecule is O=C(CSC1=NC2N=NC=C2C(=O)N1)NCC1CCCO1. The van der Waals surface area contributed by atoms with Crippen LogP contribution in [0.4, 0.5) is 0 Å². The summed E-state index contributed by atoms with van der Waals surface area (Å²) in [7, 11) is 0. The molecule has 2 amide bonds. The van der Waals surface area contributed by atoms with Gasteiger partial charge in [-0.2, -0.15) is 10.2 Å². The van der Waals surface area contributed by atoms with E-state index < -0.39 is 6.17 Å². The van der Waals surface area contributed by atoms with E-state index in [4.69, 9.17) is 4.74 Å². The molecule has 21 heavy (non-hydrogen) atoms. The minimum atomic E-state index is -0.559. The van der Waals surface area contributed by atoms with Gasteiger partial charge in [0.25, 0.3) is 5.91 Å². The second-order valence-corrected chi connectivity index (χ2v) is 5.77. The molecule has 0 aromatic heterocycles. The van der Waals surface area contributed by atoms with Crippen LogP contribution < -0.4 is 10.6 Å². The predicted octanol–water partition coefficient (Wildman–Crippen LogP) is 0.176. The molecule has 8 nitrogen and oxygen atoms in total. The molecule has 0 aromatic carbocycles. The fraction of sp³-hybridized carbons (Fsp3) is 0.583. The second-order valence-electron chi connectivity index (χ2n) is 4.81. The van der Waals surface area contributed by atoms with Crippen molar-refractivity contribution in [3.8, 4) is 0 Å². The van der Waals surface area contributed by atoms with Crippen molar-refractivity contribution in [2.75, 3.05) is 18.9 Å². The number of hydrogen-bond donors (Lipinski definition) is 2. The van der Waals surface area contributed by atoms with Crippen molar-refractivity contribution in [3.05, 3.63) is 11.8 Å². The number of thioether (sulfide) groups is 1. The molecule has 3 heterocycles. The molecule has 0 aromatic rings. The highest BCUT2D eigenvalue weighted by molar-refractivity contribution is 8.14. The van der Waals surface area contributed by atoms with Crippen LogP contribution in [-0.2, 0) is 14.3 Å². The maximum Gasteiger partial charge on any atom is 0.258 e. The standard InChI is InChI=1S/C12H15N5O3S/c18-9(13-4-7-2-1-3-20-7)6-21-12-15-10-8(5-14-17-10)11(19)16-12/h5,7,10H,1-4,6H2,(H,13,18)(H,15,16,19). The van der Waals surface area contributed by atoms with E-state index >= 15 is 0 Å². The van der Waals surface area contributed by atoms with Crippen LogP contribution in [-0.4, -0.2) is 48.2 Å². The molecular formula is C12H15N5O3S. The number of fused-ring (bicyclic) bond motifs is 1. The van der Waals surface area contributed by atoms with E-state index in [1.165, 1.54) is 18.0 Å². The molecule has 0 radical (unpaired) electrons. The van der Waals surface area contributed by atoms with Crippen molar-refractivity contribution in [3.63, 3.8) is 0 Å². The lowest BCUT2D eigenvalue weighted by atomic mass is 10.2. The largest absolute Gasteiger partial charge is 0.376 e. The Kier molecular flexibility index (Phi) is 4.30. The van der Waals surface area contributed by atoms with E-state index in [0.29, 0.717) is 17.3 Å². The average Bonchev–Trinajstić information content (AvgIpc) is 3.14. The van der Waals surface area contributed by atoms with E-state index in [2.05, 4.69) is 25.9 Å². The Morgan fingerprint density at radius 2 is 2.48 bits per heavy atom. The second kappa shape index (κ2) is 6.35. The first-order valence-electron chi connectivity index (χ1n) is 6.72.